The zero-order chi connectivity index (χ0) is 22.7. The minimum absolute atomic E-state index is 0.558. The van der Waals surface area contributed by atoms with Gasteiger partial charge in [-0.05, 0) is 73.8 Å². The molecule has 0 atom stereocenters. The predicted molar refractivity (Wildman–Crippen MR) is 125 cm³/mol. The average Bonchev–Trinajstić information content (AvgIpc) is 3.19. The van der Waals surface area contributed by atoms with Crippen LogP contribution in [0.3, 0.4) is 0 Å². The highest BCUT2D eigenvalue weighted by Gasteiger charge is 2.25. The topological polar surface area (TPSA) is 91.9 Å². The molecule has 1 aliphatic heterocycles. The average molecular weight is 433 g/mol. The second-order valence-corrected chi connectivity index (χ2v) is 8.38. The molecule has 3 aliphatic rings. The van der Waals surface area contributed by atoms with Crippen molar-refractivity contribution >= 4 is 23.2 Å². The van der Waals surface area contributed by atoms with Crippen LogP contribution in [0.2, 0.25) is 0 Å². The van der Waals surface area contributed by atoms with E-state index in [0.717, 1.165) is 19.5 Å². The quantitative estimate of drug-likeness (QED) is 0.685. The Bertz CT molecular complexity index is 1130. The molecule has 1 aromatic heterocycles. The van der Waals surface area contributed by atoms with E-state index in [-0.39, 0.29) is 0 Å². The van der Waals surface area contributed by atoms with Crippen LogP contribution in [0.5, 0.6) is 0 Å². The van der Waals surface area contributed by atoms with Crippen LogP contribution in [-0.4, -0.2) is 39.0 Å². The summed E-state index contributed by atoms with van der Waals surface area (Å²) in [4.78, 5) is 23.7. The van der Waals surface area contributed by atoms with Crippen LogP contribution < -0.4 is 0 Å². The van der Waals surface area contributed by atoms with Gasteiger partial charge in [-0.2, -0.15) is 0 Å². The fourth-order valence-electron chi connectivity index (χ4n) is 4.79. The van der Waals surface area contributed by atoms with Crippen LogP contribution in [0.4, 0.5) is 0 Å². The molecule has 0 fully saturated rings. The summed E-state index contributed by atoms with van der Waals surface area (Å²) < 4.78 is 2.51. The molecule has 2 heterocycles. The molecule has 2 aromatic rings. The van der Waals surface area contributed by atoms with E-state index in [1.807, 2.05) is 0 Å². The zero-order valence-corrected chi connectivity index (χ0v) is 18.3. The number of rotatable bonds is 3. The van der Waals surface area contributed by atoms with Gasteiger partial charge in [-0.25, -0.2) is 9.59 Å². The maximum absolute atomic E-state index is 9.55. The van der Waals surface area contributed by atoms with E-state index in [1.165, 1.54) is 71.5 Å². The summed E-state index contributed by atoms with van der Waals surface area (Å²) in [5.74, 6) is -2.51. The van der Waals surface area contributed by atoms with Gasteiger partial charge < -0.3 is 14.8 Å². The number of aryl methyl sites for hydroxylation is 2. The van der Waals surface area contributed by atoms with Crippen molar-refractivity contribution in [1.82, 2.24) is 4.57 Å². The van der Waals surface area contributed by atoms with Crippen molar-refractivity contribution in [2.24, 2.45) is 4.99 Å². The van der Waals surface area contributed by atoms with Crippen molar-refractivity contribution in [2.75, 3.05) is 6.54 Å². The molecule has 2 aliphatic carbocycles. The third-order valence-electron chi connectivity index (χ3n) is 6.27. The molecule has 32 heavy (non-hydrogen) atoms. The Hall–Kier alpha value is -3.41. The molecule has 6 nitrogen and oxygen atoms in total. The summed E-state index contributed by atoms with van der Waals surface area (Å²) >= 11 is 0. The van der Waals surface area contributed by atoms with Gasteiger partial charge >= 0.3 is 11.9 Å². The van der Waals surface area contributed by atoms with Crippen molar-refractivity contribution in [1.29, 1.82) is 0 Å². The summed E-state index contributed by atoms with van der Waals surface area (Å²) in [7, 11) is 0. The maximum Gasteiger partial charge on any atom is 0.328 e. The molecule has 2 N–H and O–H groups in total. The Labute approximate surface area is 187 Å². The maximum atomic E-state index is 9.55. The number of allylic oxidation sites excluding steroid dienone is 2. The first-order chi connectivity index (χ1) is 15.4. The standard InChI is InChI=1S/C22H24N2.C4H4O4/c1-15-21-14-19-8-7-18-13-17(16-5-3-2-4-6-16)9-10-20(18)22(19)24(21)12-11-23-15;5-3(6)1-2-4(7)8/h5,9-10,13-14H,2-4,6-8,11-12H2,1H3;1-2H,(H,5,6)(H,7,8). The fraction of sp³-hybridized carbons (Fsp3) is 0.346. The molecule has 5 rings (SSSR count). The predicted octanol–water partition coefficient (Wildman–Crippen LogP) is 4.75. The molecule has 0 spiro atoms. The molecule has 0 unspecified atom stereocenters. The lowest BCUT2D eigenvalue weighted by Crippen LogP contribution is -2.17. The van der Waals surface area contributed by atoms with Gasteiger partial charge in [0.2, 0.25) is 0 Å². The molecule has 166 valence electrons. The van der Waals surface area contributed by atoms with Gasteiger partial charge in [0.1, 0.15) is 0 Å². The van der Waals surface area contributed by atoms with Crippen molar-refractivity contribution in [3.63, 3.8) is 0 Å². The number of fused-ring (bicyclic) bond motifs is 5. The highest BCUT2D eigenvalue weighted by Crippen LogP contribution is 2.39. The van der Waals surface area contributed by atoms with Crippen LogP contribution >= 0.6 is 0 Å². The smallest absolute Gasteiger partial charge is 0.328 e. The van der Waals surface area contributed by atoms with E-state index >= 15 is 0 Å². The van der Waals surface area contributed by atoms with E-state index in [0.29, 0.717) is 12.2 Å². The monoisotopic (exact) mass is 432 g/mol. The fourth-order valence-corrected chi connectivity index (χ4v) is 4.79. The Morgan fingerprint density at radius 2 is 1.75 bits per heavy atom. The highest BCUT2D eigenvalue weighted by atomic mass is 16.4. The summed E-state index contributed by atoms with van der Waals surface area (Å²) in [5, 5.41) is 15.6. The number of aromatic nitrogens is 1. The van der Waals surface area contributed by atoms with Gasteiger partial charge in [0, 0.05) is 24.3 Å². The molecule has 0 radical (unpaired) electrons. The lowest BCUT2D eigenvalue weighted by atomic mass is 9.86. The number of carbonyl (C=O) groups is 2. The number of hydrogen-bond donors (Lipinski definition) is 2. The summed E-state index contributed by atoms with van der Waals surface area (Å²) in [6.45, 7) is 4.09. The van der Waals surface area contributed by atoms with Crippen LogP contribution in [0.15, 0.2) is 47.5 Å². The van der Waals surface area contributed by atoms with Crippen molar-refractivity contribution in [2.45, 2.75) is 52.0 Å². The van der Waals surface area contributed by atoms with Crippen molar-refractivity contribution < 1.29 is 19.8 Å². The highest BCUT2D eigenvalue weighted by molar-refractivity contribution is 5.99. The number of carboxylic acids is 2. The summed E-state index contributed by atoms with van der Waals surface area (Å²) in [5.41, 5.74) is 11.5. The van der Waals surface area contributed by atoms with Crippen LogP contribution in [0.1, 0.15) is 55.0 Å². The van der Waals surface area contributed by atoms with E-state index in [1.54, 1.807) is 5.57 Å². The Balaban J connectivity index is 0.000000265. The number of aliphatic carboxylic acids is 2. The lowest BCUT2D eigenvalue weighted by molar-refractivity contribution is -0.134. The third-order valence-corrected chi connectivity index (χ3v) is 6.27. The minimum Gasteiger partial charge on any atom is -0.478 e. The first-order valence-electron chi connectivity index (χ1n) is 11.1. The largest absolute Gasteiger partial charge is 0.478 e. The Morgan fingerprint density at radius 3 is 2.44 bits per heavy atom. The van der Waals surface area contributed by atoms with Gasteiger partial charge in [0.05, 0.1) is 23.6 Å². The van der Waals surface area contributed by atoms with Crippen LogP contribution in [-0.2, 0) is 29.0 Å². The zero-order valence-electron chi connectivity index (χ0n) is 18.3. The number of carboxylic acid groups (broad SMARTS) is 2. The van der Waals surface area contributed by atoms with Gasteiger partial charge in [0.25, 0.3) is 0 Å². The lowest BCUT2D eigenvalue weighted by Gasteiger charge is -2.23. The van der Waals surface area contributed by atoms with Gasteiger partial charge in [-0.1, -0.05) is 24.3 Å². The SMILES string of the molecule is CC1=NCCn2c1cc1c2-c2ccc(C3=CCCCC3)cc2CC1.O=C(O)C=CC(=O)O. The van der Waals surface area contributed by atoms with Gasteiger partial charge in [0.15, 0.2) is 0 Å². The summed E-state index contributed by atoms with van der Waals surface area (Å²) in [6, 6.07) is 9.59. The molecule has 0 saturated heterocycles. The van der Waals surface area contributed by atoms with Crippen molar-refractivity contribution in [3.8, 4) is 11.3 Å². The minimum atomic E-state index is -1.26. The Kier molecular flexibility index (Phi) is 6.40. The van der Waals surface area contributed by atoms with Crippen molar-refractivity contribution in [3.05, 3.63) is 64.9 Å². The normalized spacial score (nSPS) is 16.7. The number of nitrogens with zero attached hydrogens (tertiary/aromatic N) is 2. The van der Waals surface area contributed by atoms with Crippen LogP contribution in [0, 0.1) is 0 Å². The molecule has 0 saturated carbocycles. The van der Waals surface area contributed by atoms with Gasteiger partial charge in [-0.3, -0.25) is 4.99 Å². The molecular formula is C26H28N2O4. The number of aliphatic imine (C=N–C) groups is 1. The number of benzene rings is 1. The van der Waals surface area contributed by atoms with E-state index in [2.05, 4.69) is 46.8 Å². The third kappa shape index (κ3) is 4.59. The molecule has 6 heteroatoms. The second kappa shape index (κ2) is 9.39. The first kappa shape index (κ1) is 21.8. The van der Waals surface area contributed by atoms with Crippen LogP contribution in [0.25, 0.3) is 16.8 Å². The molecule has 0 amide bonds. The molecule has 1 aromatic carbocycles. The number of hydrogen-bond acceptors (Lipinski definition) is 3. The molecular weight excluding hydrogens is 404 g/mol. The molecule has 0 bridgehead atoms. The summed E-state index contributed by atoms with van der Waals surface area (Å²) in [6.07, 6.45) is 11.1. The van der Waals surface area contributed by atoms with E-state index < -0.39 is 11.9 Å². The Morgan fingerprint density at radius 1 is 1.00 bits per heavy atom. The van der Waals surface area contributed by atoms with Gasteiger partial charge in [-0.15, -0.1) is 0 Å². The second-order valence-electron chi connectivity index (χ2n) is 8.38. The van der Waals surface area contributed by atoms with E-state index in [4.69, 9.17) is 10.2 Å². The van der Waals surface area contributed by atoms with E-state index in [9.17, 15) is 9.59 Å². The first-order valence-corrected chi connectivity index (χ1v) is 11.1.